The van der Waals surface area contributed by atoms with Crippen molar-refractivity contribution in [2.24, 2.45) is 11.7 Å². The number of amides is 1. The van der Waals surface area contributed by atoms with E-state index in [9.17, 15) is 4.79 Å². The lowest BCUT2D eigenvalue weighted by atomic mass is 10.0. The quantitative estimate of drug-likeness (QED) is 0.896. The minimum Gasteiger partial charge on any atom is -0.491 e. The van der Waals surface area contributed by atoms with Crippen LogP contribution in [0.15, 0.2) is 24.3 Å². The molecular weight excluding hydrogens is 252 g/mol. The first-order chi connectivity index (χ1) is 9.70. The minimum absolute atomic E-state index is 0.255. The smallest absolute Gasteiger partial charge is 0.222 e. The lowest BCUT2D eigenvalue weighted by Crippen LogP contribution is -2.34. The molecule has 20 heavy (non-hydrogen) atoms. The molecule has 1 amide bonds. The van der Waals surface area contributed by atoms with E-state index in [1.807, 2.05) is 29.2 Å². The summed E-state index contributed by atoms with van der Waals surface area (Å²) < 4.78 is 5.77. The maximum Gasteiger partial charge on any atom is 0.222 e. The van der Waals surface area contributed by atoms with Gasteiger partial charge < -0.3 is 15.4 Å². The lowest BCUT2D eigenvalue weighted by Gasteiger charge is -2.21. The molecule has 0 aromatic heterocycles. The van der Waals surface area contributed by atoms with Crippen LogP contribution in [-0.4, -0.2) is 30.5 Å². The number of ether oxygens (including phenoxy) is 1. The number of nitrogens with zero attached hydrogens (tertiary/aromatic N) is 1. The standard InChI is InChI=1S/C16H24N2O2/c1-13-6-7-16(19)18(9-8-13)10-11-20-15-5-3-2-4-14(15)12-17/h2-5,13H,6-12,17H2,1H3. The Bertz CT molecular complexity index is 448. The third-order valence-electron chi connectivity index (χ3n) is 3.91. The average Bonchev–Trinajstić information content (AvgIpc) is 2.63. The molecule has 0 radical (unpaired) electrons. The summed E-state index contributed by atoms with van der Waals surface area (Å²) in [6.45, 7) is 4.71. The molecule has 1 atom stereocenters. The van der Waals surface area contributed by atoms with Crippen molar-refractivity contribution in [3.05, 3.63) is 29.8 Å². The largest absolute Gasteiger partial charge is 0.491 e. The van der Waals surface area contributed by atoms with Gasteiger partial charge >= 0.3 is 0 Å². The second kappa shape index (κ2) is 7.29. The van der Waals surface area contributed by atoms with E-state index in [1.54, 1.807) is 0 Å². The summed E-state index contributed by atoms with van der Waals surface area (Å²) in [6.07, 6.45) is 2.76. The van der Waals surface area contributed by atoms with Gasteiger partial charge in [0.2, 0.25) is 5.91 Å². The average molecular weight is 276 g/mol. The Kier molecular flexibility index (Phi) is 5.41. The first-order valence-corrected chi connectivity index (χ1v) is 7.39. The zero-order valence-corrected chi connectivity index (χ0v) is 12.2. The fourth-order valence-corrected chi connectivity index (χ4v) is 2.49. The molecule has 4 heteroatoms. The highest BCUT2D eigenvalue weighted by Crippen LogP contribution is 2.19. The molecule has 1 heterocycles. The molecule has 1 aliphatic heterocycles. The molecule has 1 aliphatic rings. The third kappa shape index (κ3) is 3.97. The van der Waals surface area contributed by atoms with Crippen LogP contribution in [0.2, 0.25) is 0 Å². The molecule has 2 rings (SSSR count). The predicted octanol–water partition coefficient (Wildman–Crippen LogP) is 2.17. The van der Waals surface area contributed by atoms with Gasteiger partial charge in [-0.25, -0.2) is 0 Å². The van der Waals surface area contributed by atoms with Crippen LogP contribution in [0.5, 0.6) is 5.75 Å². The van der Waals surface area contributed by atoms with Crippen molar-refractivity contribution in [3.63, 3.8) is 0 Å². The lowest BCUT2D eigenvalue weighted by molar-refractivity contribution is -0.131. The van der Waals surface area contributed by atoms with Crippen LogP contribution in [0.1, 0.15) is 31.7 Å². The summed E-state index contributed by atoms with van der Waals surface area (Å²) in [5.74, 6) is 1.72. The summed E-state index contributed by atoms with van der Waals surface area (Å²) in [5.41, 5.74) is 6.68. The molecule has 110 valence electrons. The van der Waals surface area contributed by atoms with E-state index in [0.29, 0.717) is 32.0 Å². The van der Waals surface area contributed by atoms with Crippen LogP contribution < -0.4 is 10.5 Å². The second-order valence-corrected chi connectivity index (χ2v) is 5.47. The molecule has 4 nitrogen and oxygen atoms in total. The highest BCUT2D eigenvalue weighted by Gasteiger charge is 2.19. The topological polar surface area (TPSA) is 55.6 Å². The highest BCUT2D eigenvalue weighted by molar-refractivity contribution is 5.76. The van der Waals surface area contributed by atoms with E-state index < -0.39 is 0 Å². The number of rotatable bonds is 5. The van der Waals surface area contributed by atoms with Gasteiger partial charge in [0.25, 0.3) is 0 Å². The number of nitrogens with two attached hydrogens (primary N) is 1. The van der Waals surface area contributed by atoms with Crippen molar-refractivity contribution in [1.29, 1.82) is 0 Å². The molecule has 2 N–H and O–H groups in total. The fraction of sp³-hybridized carbons (Fsp3) is 0.562. The number of likely N-dealkylation sites (tertiary alicyclic amines) is 1. The van der Waals surface area contributed by atoms with Gasteiger partial charge in [0.05, 0.1) is 6.54 Å². The van der Waals surface area contributed by atoms with Crippen molar-refractivity contribution in [2.75, 3.05) is 19.7 Å². The van der Waals surface area contributed by atoms with E-state index in [1.165, 1.54) is 0 Å². The van der Waals surface area contributed by atoms with Crippen LogP contribution in [0.3, 0.4) is 0 Å². The van der Waals surface area contributed by atoms with E-state index in [4.69, 9.17) is 10.5 Å². The van der Waals surface area contributed by atoms with E-state index >= 15 is 0 Å². The van der Waals surface area contributed by atoms with Crippen molar-refractivity contribution in [1.82, 2.24) is 4.90 Å². The molecule has 1 aromatic carbocycles. The van der Waals surface area contributed by atoms with Gasteiger partial charge in [-0.3, -0.25) is 4.79 Å². The van der Waals surface area contributed by atoms with Gasteiger partial charge in [0, 0.05) is 25.1 Å². The Balaban J connectivity index is 1.84. The first-order valence-electron chi connectivity index (χ1n) is 7.39. The van der Waals surface area contributed by atoms with Crippen LogP contribution in [0.25, 0.3) is 0 Å². The van der Waals surface area contributed by atoms with Gasteiger partial charge in [-0.15, -0.1) is 0 Å². The predicted molar refractivity (Wildman–Crippen MR) is 79.4 cm³/mol. The van der Waals surface area contributed by atoms with E-state index in [2.05, 4.69) is 6.92 Å². The van der Waals surface area contributed by atoms with E-state index in [0.717, 1.165) is 30.7 Å². The zero-order chi connectivity index (χ0) is 14.4. The number of carbonyl (C=O) groups is 1. The Hall–Kier alpha value is -1.55. The molecule has 1 saturated heterocycles. The number of para-hydroxylation sites is 1. The number of benzene rings is 1. The van der Waals surface area contributed by atoms with Gasteiger partial charge in [-0.05, 0) is 24.8 Å². The Labute approximate surface area is 120 Å². The third-order valence-corrected chi connectivity index (χ3v) is 3.91. The molecular formula is C16H24N2O2. The van der Waals surface area contributed by atoms with Gasteiger partial charge in [-0.1, -0.05) is 25.1 Å². The van der Waals surface area contributed by atoms with Crippen molar-refractivity contribution in [3.8, 4) is 5.75 Å². The monoisotopic (exact) mass is 276 g/mol. The number of hydrogen-bond acceptors (Lipinski definition) is 3. The van der Waals surface area contributed by atoms with Gasteiger partial charge in [0.15, 0.2) is 0 Å². The van der Waals surface area contributed by atoms with Crippen LogP contribution >= 0.6 is 0 Å². The fourth-order valence-electron chi connectivity index (χ4n) is 2.49. The SMILES string of the molecule is CC1CCC(=O)N(CCOc2ccccc2CN)CC1. The summed E-state index contributed by atoms with van der Waals surface area (Å²) in [4.78, 5) is 13.9. The van der Waals surface area contributed by atoms with Gasteiger partial charge in [0.1, 0.15) is 12.4 Å². The highest BCUT2D eigenvalue weighted by atomic mass is 16.5. The number of carbonyl (C=O) groups excluding carboxylic acids is 1. The normalized spacial score (nSPS) is 19.8. The molecule has 0 spiro atoms. The van der Waals surface area contributed by atoms with Crippen molar-refractivity contribution in [2.45, 2.75) is 32.7 Å². The molecule has 0 aliphatic carbocycles. The minimum atomic E-state index is 0.255. The summed E-state index contributed by atoms with van der Waals surface area (Å²) >= 11 is 0. The zero-order valence-electron chi connectivity index (χ0n) is 12.2. The van der Waals surface area contributed by atoms with Crippen LogP contribution in [0, 0.1) is 5.92 Å². The Morgan fingerprint density at radius 3 is 2.95 bits per heavy atom. The van der Waals surface area contributed by atoms with Crippen LogP contribution in [-0.2, 0) is 11.3 Å². The summed E-state index contributed by atoms with van der Waals surface area (Å²) in [7, 11) is 0. The molecule has 0 bridgehead atoms. The summed E-state index contributed by atoms with van der Waals surface area (Å²) in [6, 6.07) is 7.78. The molecule has 1 aromatic rings. The molecule has 0 saturated carbocycles. The first kappa shape index (κ1) is 14.9. The van der Waals surface area contributed by atoms with Crippen LogP contribution in [0.4, 0.5) is 0 Å². The molecule has 1 unspecified atom stereocenters. The Morgan fingerprint density at radius 2 is 2.15 bits per heavy atom. The van der Waals surface area contributed by atoms with Crippen molar-refractivity contribution < 1.29 is 9.53 Å². The maximum absolute atomic E-state index is 12.0. The second-order valence-electron chi connectivity index (χ2n) is 5.47. The van der Waals surface area contributed by atoms with Gasteiger partial charge in [-0.2, -0.15) is 0 Å². The van der Waals surface area contributed by atoms with E-state index in [-0.39, 0.29) is 5.91 Å². The Morgan fingerprint density at radius 1 is 1.35 bits per heavy atom. The molecule has 1 fully saturated rings. The maximum atomic E-state index is 12.0. The van der Waals surface area contributed by atoms with Crippen molar-refractivity contribution >= 4 is 5.91 Å². The summed E-state index contributed by atoms with van der Waals surface area (Å²) in [5, 5.41) is 0. The number of hydrogen-bond donors (Lipinski definition) is 1.